The van der Waals surface area contributed by atoms with Crippen LogP contribution in [0.1, 0.15) is 24.5 Å². The number of hydrogen-bond donors (Lipinski definition) is 1. The zero-order valence-corrected chi connectivity index (χ0v) is 11.3. The van der Waals surface area contributed by atoms with Gasteiger partial charge in [0.2, 0.25) is 0 Å². The molecule has 0 fully saturated rings. The Morgan fingerprint density at radius 2 is 2.00 bits per heavy atom. The van der Waals surface area contributed by atoms with Crippen LogP contribution in [0.25, 0.3) is 0 Å². The molecule has 0 heterocycles. The predicted molar refractivity (Wildman–Crippen MR) is 72.1 cm³/mol. The van der Waals surface area contributed by atoms with E-state index in [1.807, 2.05) is 26.8 Å². The van der Waals surface area contributed by atoms with Gasteiger partial charge in [0.1, 0.15) is 5.69 Å². The van der Waals surface area contributed by atoms with E-state index in [0.29, 0.717) is 12.3 Å². The minimum atomic E-state index is -0.349. The van der Waals surface area contributed by atoms with E-state index in [1.165, 1.54) is 0 Å². The van der Waals surface area contributed by atoms with Crippen molar-refractivity contribution in [1.82, 2.24) is 0 Å². The fraction of sp³-hybridized carbons (Fsp3) is 0.538. The van der Waals surface area contributed by atoms with Crippen LogP contribution in [0, 0.1) is 24.0 Å². The molecule has 100 valence electrons. The van der Waals surface area contributed by atoms with Gasteiger partial charge in [-0.05, 0) is 44.4 Å². The van der Waals surface area contributed by atoms with Crippen molar-refractivity contribution in [1.29, 1.82) is 0 Å². The van der Waals surface area contributed by atoms with Gasteiger partial charge in [0.15, 0.2) is 0 Å². The highest BCUT2D eigenvalue weighted by atomic mass is 16.6. The quantitative estimate of drug-likeness (QED) is 0.624. The second-order valence-corrected chi connectivity index (χ2v) is 4.54. The second-order valence-electron chi connectivity index (χ2n) is 4.54. The SMILES string of the molecule is COCCC(C)Nc1cc(C)c(C)cc1[N+](=O)[O-]. The van der Waals surface area contributed by atoms with Crippen molar-refractivity contribution in [2.45, 2.75) is 33.2 Å². The number of rotatable bonds is 6. The summed E-state index contributed by atoms with van der Waals surface area (Å²) in [5, 5.41) is 14.2. The van der Waals surface area contributed by atoms with E-state index in [2.05, 4.69) is 5.32 Å². The maximum absolute atomic E-state index is 11.0. The van der Waals surface area contributed by atoms with E-state index in [9.17, 15) is 10.1 Å². The van der Waals surface area contributed by atoms with Crippen molar-refractivity contribution < 1.29 is 9.66 Å². The van der Waals surface area contributed by atoms with Crippen LogP contribution in [0.4, 0.5) is 11.4 Å². The Hall–Kier alpha value is -1.62. The number of nitro benzene ring substituents is 1. The summed E-state index contributed by atoms with van der Waals surface area (Å²) in [7, 11) is 1.64. The number of anilines is 1. The van der Waals surface area contributed by atoms with Gasteiger partial charge in [-0.3, -0.25) is 10.1 Å². The van der Waals surface area contributed by atoms with Gasteiger partial charge in [0.05, 0.1) is 4.92 Å². The number of methoxy groups -OCH3 is 1. The number of aryl methyl sites for hydroxylation is 2. The third kappa shape index (κ3) is 3.70. The normalized spacial score (nSPS) is 12.2. The van der Waals surface area contributed by atoms with Gasteiger partial charge in [-0.2, -0.15) is 0 Å². The van der Waals surface area contributed by atoms with Crippen LogP contribution in [-0.4, -0.2) is 24.7 Å². The van der Waals surface area contributed by atoms with Crippen LogP contribution in [0.3, 0.4) is 0 Å². The zero-order valence-electron chi connectivity index (χ0n) is 11.3. The first-order valence-electron chi connectivity index (χ1n) is 5.96. The first-order chi connectivity index (χ1) is 8.45. The Bertz CT molecular complexity index is 432. The largest absolute Gasteiger partial charge is 0.385 e. The standard InChI is InChI=1S/C13H20N2O3/c1-9-7-12(14-11(3)5-6-18-4)13(15(16)17)8-10(9)2/h7-8,11,14H,5-6H2,1-4H3. The first-order valence-corrected chi connectivity index (χ1v) is 5.96. The molecule has 0 aliphatic carbocycles. The third-order valence-corrected chi connectivity index (χ3v) is 2.97. The highest BCUT2D eigenvalue weighted by Crippen LogP contribution is 2.28. The van der Waals surface area contributed by atoms with Gasteiger partial charge in [0.25, 0.3) is 5.69 Å². The van der Waals surface area contributed by atoms with E-state index in [-0.39, 0.29) is 16.7 Å². The number of benzene rings is 1. The number of nitrogens with zero attached hydrogens (tertiary/aromatic N) is 1. The van der Waals surface area contributed by atoms with Crippen molar-refractivity contribution in [2.75, 3.05) is 19.0 Å². The van der Waals surface area contributed by atoms with Gasteiger partial charge >= 0.3 is 0 Å². The summed E-state index contributed by atoms with van der Waals surface area (Å²) >= 11 is 0. The van der Waals surface area contributed by atoms with Crippen molar-refractivity contribution in [3.63, 3.8) is 0 Å². The number of hydrogen-bond acceptors (Lipinski definition) is 4. The molecule has 5 nitrogen and oxygen atoms in total. The lowest BCUT2D eigenvalue weighted by Crippen LogP contribution is -2.18. The molecule has 0 radical (unpaired) electrons. The zero-order chi connectivity index (χ0) is 13.7. The molecule has 1 N–H and O–H groups in total. The minimum absolute atomic E-state index is 0.127. The van der Waals surface area contributed by atoms with Gasteiger partial charge < -0.3 is 10.1 Å². The van der Waals surface area contributed by atoms with Gasteiger partial charge in [-0.15, -0.1) is 0 Å². The molecule has 0 bridgehead atoms. The first kappa shape index (κ1) is 14.4. The van der Waals surface area contributed by atoms with Crippen LogP contribution < -0.4 is 5.32 Å². The van der Waals surface area contributed by atoms with Crippen LogP contribution in [-0.2, 0) is 4.74 Å². The van der Waals surface area contributed by atoms with Crippen LogP contribution in [0.5, 0.6) is 0 Å². The monoisotopic (exact) mass is 252 g/mol. The average molecular weight is 252 g/mol. The minimum Gasteiger partial charge on any atom is -0.385 e. The molecule has 0 saturated carbocycles. The Morgan fingerprint density at radius 1 is 1.39 bits per heavy atom. The molecule has 0 aromatic heterocycles. The Balaban J connectivity index is 2.93. The molecule has 1 aromatic carbocycles. The molecule has 18 heavy (non-hydrogen) atoms. The molecular weight excluding hydrogens is 232 g/mol. The fourth-order valence-corrected chi connectivity index (χ4v) is 1.70. The molecule has 0 aliphatic rings. The molecule has 0 spiro atoms. The molecule has 5 heteroatoms. The highest BCUT2D eigenvalue weighted by Gasteiger charge is 2.16. The molecule has 0 saturated heterocycles. The van der Waals surface area contributed by atoms with E-state index < -0.39 is 0 Å². The van der Waals surface area contributed by atoms with Crippen molar-refractivity contribution in [3.8, 4) is 0 Å². The summed E-state index contributed by atoms with van der Waals surface area (Å²) in [5.74, 6) is 0. The van der Waals surface area contributed by atoms with Gasteiger partial charge in [-0.1, -0.05) is 0 Å². The molecule has 0 amide bonds. The lowest BCUT2D eigenvalue weighted by Gasteiger charge is -2.16. The molecule has 1 rings (SSSR count). The van der Waals surface area contributed by atoms with Crippen molar-refractivity contribution >= 4 is 11.4 Å². The average Bonchev–Trinajstić information content (AvgIpc) is 2.30. The third-order valence-electron chi connectivity index (χ3n) is 2.97. The summed E-state index contributed by atoms with van der Waals surface area (Å²) in [6, 6.07) is 3.57. The van der Waals surface area contributed by atoms with Crippen LogP contribution >= 0.6 is 0 Å². The van der Waals surface area contributed by atoms with Crippen LogP contribution in [0.2, 0.25) is 0 Å². The molecule has 0 aliphatic heterocycles. The van der Waals surface area contributed by atoms with E-state index in [0.717, 1.165) is 17.5 Å². The summed E-state index contributed by atoms with van der Waals surface area (Å²) in [5.41, 5.74) is 2.67. The van der Waals surface area contributed by atoms with Crippen molar-refractivity contribution in [3.05, 3.63) is 33.4 Å². The van der Waals surface area contributed by atoms with Crippen molar-refractivity contribution in [2.24, 2.45) is 0 Å². The van der Waals surface area contributed by atoms with E-state index >= 15 is 0 Å². The Labute approximate surface area is 107 Å². The molecular formula is C13H20N2O3. The fourth-order valence-electron chi connectivity index (χ4n) is 1.70. The number of nitrogens with one attached hydrogen (secondary N) is 1. The topological polar surface area (TPSA) is 64.4 Å². The lowest BCUT2D eigenvalue weighted by atomic mass is 10.1. The summed E-state index contributed by atoms with van der Waals surface area (Å²) in [6.45, 7) is 6.44. The van der Waals surface area contributed by atoms with Gasteiger partial charge in [0, 0.05) is 25.8 Å². The number of ether oxygens (including phenoxy) is 1. The summed E-state index contributed by atoms with van der Waals surface area (Å²) < 4.78 is 5.00. The maximum Gasteiger partial charge on any atom is 0.292 e. The van der Waals surface area contributed by atoms with E-state index in [1.54, 1.807) is 13.2 Å². The van der Waals surface area contributed by atoms with E-state index in [4.69, 9.17) is 4.74 Å². The molecule has 1 aromatic rings. The van der Waals surface area contributed by atoms with Crippen LogP contribution in [0.15, 0.2) is 12.1 Å². The Kier molecular flexibility index (Phi) is 5.09. The predicted octanol–water partition coefficient (Wildman–Crippen LogP) is 3.05. The van der Waals surface area contributed by atoms with Gasteiger partial charge in [-0.25, -0.2) is 0 Å². The summed E-state index contributed by atoms with van der Waals surface area (Å²) in [6.07, 6.45) is 0.806. The smallest absolute Gasteiger partial charge is 0.292 e. The number of nitro groups is 1. The molecule has 1 unspecified atom stereocenters. The summed E-state index contributed by atoms with van der Waals surface area (Å²) in [4.78, 5) is 10.7. The maximum atomic E-state index is 11.0. The second kappa shape index (κ2) is 6.35. The molecule has 1 atom stereocenters. The lowest BCUT2D eigenvalue weighted by molar-refractivity contribution is -0.384. The highest BCUT2D eigenvalue weighted by molar-refractivity contribution is 5.64. The Morgan fingerprint density at radius 3 is 2.56 bits per heavy atom.